The van der Waals surface area contributed by atoms with Crippen LogP contribution in [0.3, 0.4) is 0 Å². The predicted octanol–water partition coefficient (Wildman–Crippen LogP) is 6.58. The molecule has 4 rings (SSSR count). The van der Waals surface area contributed by atoms with Gasteiger partial charge in [0.1, 0.15) is 16.8 Å². The second kappa shape index (κ2) is 7.77. The summed E-state index contributed by atoms with van der Waals surface area (Å²) < 4.78 is 5.73. The van der Waals surface area contributed by atoms with E-state index in [9.17, 15) is 5.26 Å². The van der Waals surface area contributed by atoms with Crippen LogP contribution in [-0.2, 0) is 6.42 Å². The second-order valence-electron chi connectivity index (χ2n) is 7.69. The van der Waals surface area contributed by atoms with E-state index in [0.717, 1.165) is 17.0 Å². The van der Waals surface area contributed by atoms with Crippen molar-refractivity contribution >= 4 is 11.3 Å². The van der Waals surface area contributed by atoms with Crippen LogP contribution in [0.25, 0.3) is 21.0 Å². The van der Waals surface area contributed by atoms with Crippen LogP contribution in [-0.4, -0.2) is 11.1 Å². The summed E-state index contributed by atoms with van der Waals surface area (Å²) in [5.41, 5.74) is 5.79. The molecule has 28 heavy (non-hydrogen) atoms. The zero-order chi connectivity index (χ0) is 19.7. The van der Waals surface area contributed by atoms with E-state index in [1.807, 2.05) is 38.2 Å². The smallest absolute Gasteiger partial charge is 0.137 e. The molecule has 1 heterocycles. The third-order valence-corrected chi connectivity index (χ3v) is 6.37. The molecule has 3 nitrogen and oxygen atoms in total. The molecule has 0 unspecified atom stereocenters. The first-order chi connectivity index (χ1) is 13.6. The van der Waals surface area contributed by atoms with Crippen molar-refractivity contribution in [2.75, 3.05) is 0 Å². The quantitative estimate of drug-likeness (QED) is 0.507. The molecule has 0 radical (unpaired) electrons. The zero-order valence-electron chi connectivity index (χ0n) is 16.5. The number of nitrogens with zero attached hydrogens (tertiary/aromatic N) is 2. The Labute approximate surface area is 170 Å². The van der Waals surface area contributed by atoms with Gasteiger partial charge in [-0.2, -0.15) is 5.26 Å². The number of ether oxygens (including phenoxy) is 1. The van der Waals surface area contributed by atoms with E-state index in [4.69, 9.17) is 4.74 Å². The highest BCUT2D eigenvalue weighted by molar-refractivity contribution is 7.18. The van der Waals surface area contributed by atoms with E-state index in [-0.39, 0.29) is 6.10 Å². The molecule has 0 N–H and O–H groups in total. The maximum atomic E-state index is 9.50. The van der Waals surface area contributed by atoms with Crippen molar-refractivity contribution < 1.29 is 4.74 Å². The molecule has 1 aliphatic rings. The lowest BCUT2D eigenvalue weighted by Gasteiger charge is -2.24. The van der Waals surface area contributed by atoms with E-state index in [1.54, 1.807) is 11.3 Å². The number of benzene rings is 2. The molecule has 142 valence electrons. The Kier molecular flexibility index (Phi) is 5.19. The fraction of sp³-hybridized carbons (Fsp3) is 0.333. The van der Waals surface area contributed by atoms with Crippen molar-refractivity contribution in [3.8, 4) is 32.8 Å². The number of thiazole rings is 1. The molecule has 0 fully saturated rings. The molecule has 1 aromatic heterocycles. The number of hydrogen-bond donors (Lipinski definition) is 0. The number of fused-ring (bicyclic) bond motifs is 1. The van der Waals surface area contributed by atoms with Crippen LogP contribution in [0, 0.1) is 11.3 Å². The number of rotatable bonds is 4. The fourth-order valence-electron chi connectivity index (χ4n) is 3.96. The van der Waals surface area contributed by atoms with E-state index in [0.29, 0.717) is 17.2 Å². The third kappa shape index (κ3) is 3.55. The molecule has 0 saturated carbocycles. The average molecular weight is 389 g/mol. The number of aromatic nitrogens is 1. The van der Waals surface area contributed by atoms with Gasteiger partial charge in [-0.15, -0.1) is 11.3 Å². The molecule has 0 spiro atoms. The van der Waals surface area contributed by atoms with Gasteiger partial charge in [-0.3, -0.25) is 0 Å². The molecule has 4 heteroatoms. The molecule has 0 amide bonds. The summed E-state index contributed by atoms with van der Waals surface area (Å²) in [6, 6.07) is 14.7. The number of nitriles is 1. The van der Waals surface area contributed by atoms with Crippen LogP contribution in [0.4, 0.5) is 0 Å². The Bertz CT molecular complexity index is 1040. The normalized spacial score (nSPS) is 15.9. The Morgan fingerprint density at radius 1 is 1.25 bits per heavy atom. The van der Waals surface area contributed by atoms with Gasteiger partial charge in [0.05, 0.1) is 16.5 Å². The fourth-order valence-corrected chi connectivity index (χ4v) is 4.92. The first-order valence-electron chi connectivity index (χ1n) is 9.86. The van der Waals surface area contributed by atoms with Gasteiger partial charge in [0.25, 0.3) is 0 Å². The van der Waals surface area contributed by atoms with Crippen LogP contribution >= 0.6 is 11.3 Å². The van der Waals surface area contributed by atoms with Gasteiger partial charge in [0.2, 0.25) is 0 Å². The molecule has 3 aromatic rings. The van der Waals surface area contributed by atoms with Crippen molar-refractivity contribution in [3.05, 3.63) is 59.3 Å². The van der Waals surface area contributed by atoms with Crippen molar-refractivity contribution in [1.82, 2.24) is 4.98 Å². The van der Waals surface area contributed by atoms with Gasteiger partial charge >= 0.3 is 0 Å². The SMILES string of the molecule is CC(C)Oc1ccc(-c2ncc(-c3cccc4c3CCC[C@H]4C)s2)cc1C#N. The molecule has 1 aliphatic carbocycles. The van der Waals surface area contributed by atoms with Crippen molar-refractivity contribution in [3.63, 3.8) is 0 Å². The van der Waals surface area contributed by atoms with E-state index in [1.165, 1.54) is 34.4 Å². The molecule has 2 aromatic carbocycles. The minimum absolute atomic E-state index is 0.0380. The van der Waals surface area contributed by atoms with Gasteiger partial charge in [-0.1, -0.05) is 25.1 Å². The van der Waals surface area contributed by atoms with Crippen molar-refractivity contribution in [2.45, 2.75) is 52.1 Å². The third-order valence-electron chi connectivity index (χ3n) is 5.29. The summed E-state index contributed by atoms with van der Waals surface area (Å²) in [4.78, 5) is 5.86. The summed E-state index contributed by atoms with van der Waals surface area (Å²) in [5, 5.41) is 10.4. The predicted molar refractivity (Wildman–Crippen MR) is 115 cm³/mol. The number of hydrogen-bond acceptors (Lipinski definition) is 4. The molecule has 0 aliphatic heterocycles. The highest BCUT2D eigenvalue weighted by Crippen LogP contribution is 2.40. The first-order valence-corrected chi connectivity index (χ1v) is 10.7. The van der Waals surface area contributed by atoms with Gasteiger partial charge in [-0.25, -0.2) is 4.98 Å². The van der Waals surface area contributed by atoms with Crippen LogP contribution in [0.1, 0.15) is 56.2 Å². The molecular formula is C24H24N2OS. The lowest BCUT2D eigenvalue weighted by atomic mass is 9.81. The Morgan fingerprint density at radius 2 is 2.11 bits per heavy atom. The minimum Gasteiger partial charge on any atom is -0.490 e. The maximum absolute atomic E-state index is 9.50. The summed E-state index contributed by atoms with van der Waals surface area (Å²) in [5.74, 6) is 1.26. The molecule has 0 saturated heterocycles. The summed E-state index contributed by atoms with van der Waals surface area (Å²) in [7, 11) is 0. The second-order valence-corrected chi connectivity index (χ2v) is 8.72. The van der Waals surface area contributed by atoms with Crippen molar-refractivity contribution in [1.29, 1.82) is 5.26 Å². The van der Waals surface area contributed by atoms with Crippen LogP contribution in [0.5, 0.6) is 5.75 Å². The Balaban J connectivity index is 1.70. The van der Waals surface area contributed by atoms with Gasteiger partial charge in [0.15, 0.2) is 0 Å². The maximum Gasteiger partial charge on any atom is 0.137 e. The Morgan fingerprint density at radius 3 is 2.89 bits per heavy atom. The van der Waals surface area contributed by atoms with Crippen LogP contribution in [0.2, 0.25) is 0 Å². The zero-order valence-corrected chi connectivity index (χ0v) is 17.3. The van der Waals surface area contributed by atoms with Gasteiger partial charge < -0.3 is 4.74 Å². The lowest BCUT2D eigenvalue weighted by molar-refractivity contribution is 0.242. The lowest BCUT2D eigenvalue weighted by Crippen LogP contribution is -2.07. The molecular weight excluding hydrogens is 364 g/mol. The largest absolute Gasteiger partial charge is 0.490 e. The topological polar surface area (TPSA) is 45.9 Å². The first kappa shape index (κ1) is 18.7. The van der Waals surface area contributed by atoms with Crippen LogP contribution < -0.4 is 4.74 Å². The Hall–Kier alpha value is -2.64. The minimum atomic E-state index is 0.0380. The van der Waals surface area contributed by atoms with Gasteiger partial charge in [0, 0.05) is 11.8 Å². The summed E-state index contributed by atoms with van der Waals surface area (Å²) in [6.07, 6.45) is 5.67. The molecule has 1 atom stereocenters. The summed E-state index contributed by atoms with van der Waals surface area (Å²) in [6.45, 7) is 6.25. The average Bonchev–Trinajstić information content (AvgIpc) is 3.18. The summed E-state index contributed by atoms with van der Waals surface area (Å²) >= 11 is 1.69. The standard InChI is InChI=1S/C24H24N2OS/c1-15(2)27-22-11-10-17(12-18(22)13-25)24-26-14-23(28-24)21-9-5-7-19-16(3)6-4-8-20(19)21/h5,7,9-12,14-16H,4,6,8H2,1-3H3/t16-/m1/s1. The highest BCUT2D eigenvalue weighted by atomic mass is 32.1. The van der Waals surface area contributed by atoms with Crippen LogP contribution in [0.15, 0.2) is 42.6 Å². The highest BCUT2D eigenvalue weighted by Gasteiger charge is 2.20. The van der Waals surface area contributed by atoms with Crippen molar-refractivity contribution in [2.24, 2.45) is 0 Å². The monoisotopic (exact) mass is 388 g/mol. The van der Waals surface area contributed by atoms with E-state index < -0.39 is 0 Å². The van der Waals surface area contributed by atoms with E-state index in [2.05, 4.69) is 36.2 Å². The van der Waals surface area contributed by atoms with E-state index >= 15 is 0 Å². The molecule has 0 bridgehead atoms. The van der Waals surface area contributed by atoms with Gasteiger partial charge in [-0.05, 0) is 73.9 Å².